The Morgan fingerprint density at radius 3 is 2.26 bits per heavy atom. The number of carbonyl (C=O) groups is 2. The summed E-state index contributed by atoms with van der Waals surface area (Å²) in [5.41, 5.74) is 1.23. The predicted molar refractivity (Wildman–Crippen MR) is 127 cm³/mol. The molecule has 10 heteroatoms. The third-order valence-electron chi connectivity index (χ3n) is 5.66. The van der Waals surface area contributed by atoms with Crippen molar-refractivity contribution in [2.45, 2.75) is 35.6 Å². The van der Waals surface area contributed by atoms with Crippen molar-refractivity contribution >= 4 is 87.1 Å². The molecule has 0 heterocycles. The summed E-state index contributed by atoms with van der Waals surface area (Å²) in [6.07, 6.45) is 3.00. The van der Waals surface area contributed by atoms with E-state index < -0.39 is 22.1 Å². The van der Waals surface area contributed by atoms with Gasteiger partial charge < -0.3 is 10.6 Å². The summed E-state index contributed by atoms with van der Waals surface area (Å²) < 4.78 is -1.36. The van der Waals surface area contributed by atoms with Crippen molar-refractivity contribution in [2.24, 2.45) is 5.92 Å². The highest BCUT2D eigenvalue weighted by atomic mass is 35.5. The van der Waals surface area contributed by atoms with Gasteiger partial charge in [0.05, 0.1) is 31.6 Å². The largest absolute Gasteiger partial charge is 0.349 e. The normalized spacial score (nSPS) is 21.9. The second-order valence-electron chi connectivity index (χ2n) is 7.68. The number of carbonyl (C=O) groups excluding carboxylic acids is 2. The highest BCUT2D eigenvalue weighted by Gasteiger charge is 2.68. The Morgan fingerprint density at radius 1 is 0.935 bits per heavy atom. The van der Waals surface area contributed by atoms with Gasteiger partial charge in [-0.1, -0.05) is 52.5 Å². The fourth-order valence-corrected chi connectivity index (χ4v) is 5.31. The van der Waals surface area contributed by atoms with Gasteiger partial charge in [-0.05, 0) is 49.1 Å². The molecule has 2 fully saturated rings. The first-order chi connectivity index (χ1) is 14.6. The summed E-state index contributed by atoms with van der Waals surface area (Å²) in [6.45, 7) is 0. The smallest absolute Gasteiger partial charge is 0.253 e. The number of nitrogens with one attached hydrogen (secondary N) is 2. The zero-order valence-electron chi connectivity index (χ0n) is 15.8. The third-order valence-corrected chi connectivity index (χ3v) is 8.23. The van der Waals surface area contributed by atoms with Crippen LogP contribution < -0.4 is 10.6 Å². The molecule has 2 unspecified atom stereocenters. The van der Waals surface area contributed by atoms with Crippen molar-refractivity contribution in [1.29, 1.82) is 0 Å². The van der Waals surface area contributed by atoms with E-state index in [1.54, 1.807) is 24.3 Å². The summed E-state index contributed by atoms with van der Waals surface area (Å²) in [4.78, 5) is 25.4. The molecule has 164 valence electrons. The highest BCUT2D eigenvalue weighted by Crippen LogP contribution is 2.66. The first kappa shape index (κ1) is 23.3. The van der Waals surface area contributed by atoms with Crippen LogP contribution in [0.4, 0.5) is 5.69 Å². The molecule has 2 N–H and O–H groups in total. The lowest BCUT2D eigenvalue weighted by molar-refractivity contribution is -0.117. The molecule has 0 aliphatic heterocycles. The van der Waals surface area contributed by atoms with Crippen LogP contribution in [0.2, 0.25) is 20.1 Å². The SMILES string of the molecule is O=C(NC1CCC1)c1cc(NC(=O)C2C(c3ccc(Cl)c(Cl)c3Cl)C2(Cl)Cl)ccc1Cl. The van der Waals surface area contributed by atoms with E-state index >= 15 is 0 Å². The minimum absolute atomic E-state index is 0.165. The van der Waals surface area contributed by atoms with Crippen molar-refractivity contribution in [3.63, 3.8) is 0 Å². The van der Waals surface area contributed by atoms with Crippen LogP contribution in [0, 0.1) is 5.92 Å². The molecular formula is C21H16Cl6N2O2. The van der Waals surface area contributed by atoms with Crippen LogP contribution in [0.15, 0.2) is 30.3 Å². The summed E-state index contributed by atoms with van der Waals surface area (Å²) in [5, 5.41) is 6.67. The van der Waals surface area contributed by atoms with Gasteiger partial charge in [-0.3, -0.25) is 9.59 Å². The number of hydrogen-bond acceptors (Lipinski definition) is 2. The molecule has 0 aromatic heterocycles. The molecule has 2 aromatic carbocycles. The lowest BCUT2D eigenvalue weighted by Crippen LogP contribution is -2.39. The minimum Gasteiger partial charge on any atom is -0.349 e. The number of hydrogen-bond donors (Lipinski definition) is 2. The first-order valence-corrected chi connectivity index (χ1v) is 11.8. The van der Waals surface area contributed by atoms with Gasteiger partial charge in [0.15, 0.2) is 0 Å². The molecule has 2 aromatic rings. The van der Waals surface area contributed by atoms with Crippen LogP contribution in [0.1, 0.15) is 41.1 Å². The highest BCUT2D eigenvalue weighted by molar-refractivity contribution is 6.54. The quantitative estimate of drug-likeness (QED) is 0.313. The number of halogens is 6. The second-order valence-corrected chi connectivity index (χ2v) is 10.7. The van der Waals surface area contributed by atoms with Gasteiger partial charge in [-0.2, -0.15) is 0 Å². The molecule has 2 atom stereocenters. The zero-order chi connectivity index (χ0) is 22.5. The Morgan fingerprint density at radius 2 is 1.61 bits per heavy atom. The molecule has 2 amide bonds. The zero-order valence-corrected chi connectivity index (χ0v) is 20.4. The maximum Gasteiger partial charge on any atom is 0.253 e. The predicted octanol–water partition coefficient (Wildman–Crippen LogP) is 7.11. The van der Waals surface area contributed by atoms with E-state index in [2.05, 4.69) is 10.6 Å². The van der Waals surface area contributed by atoms with Gasteiger partial charge in [0.2, 0.25) is 5.91 Å². The molecule has 0 spiro atoms. The maximum atomic E-state index is 12.9. The molecule has 2 saturated carbocycles. The van der Waals surface area contributed by atoms with E-state index in [0.29, 0.717) is 21.3 Å². The van der Waals surface area contributed by atoms with Crippen LogP contribution in [-0.4, -0.2) is 22.2 Å². The van der Waals surface area contributed by atoms with E-state index in [1.165, 1.54) is 6.07 Å². The van der Waals surface area contributed by atoms with Crippen molar-refractivity contribution in [3.8, 4) is 0 Å². The van der Waals surface area contributed by atoms with Gasteiger partial charge in [0.25, 0.3) is 5.91 Å². The number of anilines is 1. The number of amides is 2. The summed E-state index contributed by atoms with van der Waals surface area (Å²) >= 11 is 37.4. The Balaban J connectivity index is 1.51. The molecule has 0 bridgehead atoms. The van der Waals surface area contributed by atoms with Crippen LogP contribution in [0.5, 0.6) is 0 Å². The van der Waals surface area contributed by atoms with Crippen molar-refractivity contribution in [2.75, 3.05) is 5.32 Å². The standard InChI is InChI=1S/C21H16Cl6N2O2/c22-13-6-4-10(8-12(13)19(30)28-9-2-1-3-9)29-20(31)16-15(21(16,26)27)11-5-7-14(23)18(25)17(11)24/h4-9,15-16H,1-3H2,(H,28,30)(H,29,31). The van der Waals surface area contributed by atoms with Gasteiger partial charge in [0.1, 0.15) is 4.33 Å². The van der Waals surface area contributed by atoms with E-state index in [4.69, 9.17) is 69.6 Å². The van der Waals surface area contributed by atoms with E-state index in [1.807, 2.05) is 0 Å². The molecule has 0 radical (unpaired) electrons. The summed E-state index contributed by atoms with van der Waals surface area (Å²) in [6, 6.07) is 8.09. The Bertz CT molecular complexity index is 1070. The maximum absolute atomic E-state index is 12.9. The molecule has 2 aliphatic rings. The molecule has 0 saturated heterocycles. The summed E-state index contributed by atoms with van der Waals surface area (Å²) in [5.74, 6) is -2.02. The number of rotatable bonds is 5. The molecular weight excluding hydrogens is 525 g/mol. The van der Waals surface area contributed by atoms with Crippen LogP contribution >= 0.6 is 69.6 Å². The van der Waals surface area contributed by atoms with Crippen molar-refractivity contribution in [1.82, 2.24) is 5.32 Å². The average molecular weight is 541 g/mol. The fourth-order valence-electron chi connectivity index (χ4n) is 3.63. The average Bonchev–Trinajstić information content (AvgIpc) is 3.26. The van der Waals surface area contributed by atoms with E-state index in [9.17, 15) is 9.59 Å². The number of alkyl halides is 2. The first-order valence-electron chi connectivity index (χ1n) is 9.53. The Labute approximate surface area is 209 Å². The molecule has 31 heavy (non-hydrogen) atoms. The Hall–Kier alpha value is -0.880. The third kappa shape index (κ3) is 4.48. The van der Waals surface area contributed by atoms with Crippen molar-refractivity contribution < 1.29 is 9.59 Å². The van der Waals surface area contributed by atoms with Gasteiger partial charge in [0, 0.05) is 17.6 Å². The second kappa shape index (κ2) is 8.81. The minimum atomic E-state index is -1.36. The Kier molecular flexibility index (Phi) is 6.62. The lowest BCUT2D eigenvalue weighted by Gasteiger charge is -2.26. The fraction of sp³-hybridized carbons (Fsp3) is 0.333. The number of benzene rings is 2. The van der Waals surface area contributed by atoms with Gasteiger partial charge >= 0.3 is 0 Å². The molecule has 4 rings (SSSR count). The topological polar surface area (TPSA) is 58.2 Å². The lowest BCUT2D eigenvalue weighted by atomic mass is 9.93. The van der Waals surface area contributed by atoms with Crippen LogP contribution in [-0.2, 0) is 4.79 Å². The van der Waals surface area contributed by atoms with E-state index in [-0.39, 0.29) is 27.6 Å². The monoisotopic (exact) mass is 538 g/mol. The van der Waals surface area contributed by atoms with Crippen LogP contribution in [0.25, 0.3) is 0 Å². The molecule has 2 aliphatic carbocycles. The van der Waals surface area contributed by atoms with Gasteiger partial charge in [-0.15, -0.1) is 23.2 Å². The van der Waals surface area contributed by atoms with Gasteiger partial charge in [-0.25, -0.2) is 0 Å². The van der Waals surface area contributed by atoms with Crippen molar-refractivity contribution in [3.05, 3.63) is 61.5 Å². The van der Waals surface area contributed by atoms with E-state index in [0.717, 1.165) is 19.3 Å². The summed E-state index contributed by atoms with van der Waals surface area (Å²) in [7, 11) is 0. The molecule has 4 nitrogen and oxygen atoms in total. The van der Waals surface area contributed by atoms with Crippen LogP contribution in [0.3, 0.4) is 0 Å².